The second kappa shape index (κ2) is 4.85. The summed E-state index contributed by atoms with van der Waals surface area (Å²) < 4.78 is 13.6. The standard InChI is InChI=1S/C12H13ClFN3/c1-7(15)4-12-16-6-11(17-12)9-5-8(13)2-3-10(9)14/h2-3,5-7H,4,15H2,1H3,(H,16,17). The van der Waals surface area contributed by atoms with Crippen LogP contribution in [-0.2, 0) is 6.42 Å². The zero-order valence-corrected chi connectivity index (χ0v) is 10.1. The number of aromatic amines is 1. The Morgan fingerprint density at radius 3 is 3.00 bits per heavy atom. The third-order valence-electron chi connectivity index (χ3n) is 2.36. The van der Waals surface area contributed by atoms with E-state index in [9.17, 15) is 4.39 Å². The van der Waals surface area contributed by atoms with Crippen LogP contribution in [0.25, 0.3) is 11.3 Å². The molecule has 1 heterocycles. The van der Waals surface area contributed by atoms with Crippen molar-refractivity contribution in [3.63, 3.8) is 0 Å². The van der Waals surface area contributed by atoms with Gasteiger partial charge in [0.05, 0.1) is 11.9 Å². The maximum Gasteiger partial charge on any atom is 0.132 e. The van der Waals surface area contributed by atoms with Gasteiger partial charge in [0.15, 0.2) is 0 Å². The zero-order valence-electron chi connectivity index (χ0n) is 9.37. The van der Waals surface area contributed by atoms with E-state index in [1.165, 1.54) is 12.1 Å². The average molecular weight is 254 g/mol. The summed E-state index contributed by atoms with van der Waals surface area (Å²) in [6.45, 7) is 1.89. The van der Waals surface area contributed by atoms with E-state index in [2.05, 4.69) is 9.97 Å². The number of nitrogens with two attached hydrogens (primary N) is 1. The smallest absolute Gasteiger partial charge is 0.132 e. The third kappa shape index (κ3) is 2.84. The summed E-state index contributed by atoms with van der Waals surface area (Å²) in [6, 6.07) is 4.43. The number of nitrogens with one attached hydrogen (secondary N) is 1. The molecule has 0 saturated heterocycles. The predicted molar refractivity (Wildman–Crippen MR) is 66.3 cm³/mol. The third-order valence-corrected chi connectivity index (χ3v) is 2.60. The Morgan fingerprint density at radius 2 is 2.29 bits per heavy atom. The Morgan fingerprint density at radius 1 is 1.53 bits per heavy atom. The lowest BCUT2D eigenvalue weighted by atomic mass is 10.1. The molecule has 5 heteroatoms. The van der Waals surface area contributed by atoms with Gasteiger partial charge in [-0.2, -0.15) is 0 Å². The molecule has 0 aliphatic carbocycles. The lowest BCUT2D eigenvalue weighted by Crippen LogP contribution is -2.18. The Balaban J connectivity index is 2.33. The maximum atomic E-state index is 13.6. The molecule has 0 amide bonds. The number of hydrogen-bond donors (Lipinski definition) is 2. The summed E-state index contributed by atoms with van der Waals surface area (Å²) >= 11 is 5.84. The molecule has 0 aliphatic rings. The molecule has 3 nitrogen and oxygen atoms in total. The highest BCUT2D eigenvalue weighted by Gasteiger charge is 2.09. The maximum absolute atomic E-state index is 13.6. The van der Waals surface area contributed by atoms with Crippen molar-refractivity contribution in [2.24, 2.45) is 5.73 Å². The van der Waals surface area contributed by atoms with Crippen molar-refractivity contribution in [1.82, 2.24) is 9.97 Å². The van der Waals surface area contributed by atoms with Gasteiger partial charge in [0.1, 0.15) is 11.6 Å². The van der Waals surface area contributed by atoms with Crippen LogP contribution < -0.4 is 5.73 Å². The first-order chi connectivity index (χ1) is 8.06. The molecule has 0 bridgehead atoms. The van der Waals surface area contributed by atoms with E-state index in [0.717, 1.165) is 5.82 Å². The van der Waals surface area contributed by atoms with E-state index >= 15 is 0 Å². The highest BCUT2D eigenvalue weighted by atomic mass is 35.5. The van der Waals surface area contributed by atoms with Gasteiger partial charge >= 0.3 is 0 Å². The summed E-state index contributed by atoms with van der Waals surface area (Å²) in [6.07, 6.45) is 2.22. The SMILES string of the molecule is CC(N)Cc1ncc(-c2cc(Cl)ccc2F)[nH]1. The van der Waals surface area contributed by atoms with Crippen LogP contribution in [0.2, 0.25) is 5.02 Å². The molecule has 1 aromatic heterocycles. The number of rotatable bonds is 3. The summed E-state index contributed by atoms with van der Waals surface area (Å²) in [5.74, 6) is 0.416. The summed E-state index contributed by atoms with van der Waals surface area (Å²) in [4.78, 5) is 7.20. The molecule has 17 heavy (non-hydrogen) atoms. The first-order valence-corrected chi connectivity index (χ1v) is 5.69. The number of hydrogen-bond acceptors (Lipinski definition) is 2. The number of imidazole rings is 1. The molecule has 0 spiro atoms. The largest absolute Gasteiger partial charge is 0.342 e. The monoisotopic (exact) mass is 253 g/mol. The molecule has 2 aromatic rings. The van der Waals surface area contributed by atoms with E-state index in [1.54, 1.807) is 12.3 Å². The van der Waals surface area contributed by atoms with Crippen molar-refractivity contribution >= 4 is 11.6 Å². The van der Waals surface area contributed by atoms with E-state index in [-0.39, 0.29) is 11.9 Å². The molecule has 1 aromatic carbocycles. The van der Waals surface area contributed by atoms with Crippen LogP contribution in [0.5, 0.6) is 0 Å². The number of benzene rings is 1. The van der Waals surface area contributed by atoms with Gasteiger partial charge in [-0.25, -0.2) is 9.37 Å². The lowest BCUT2D eigenvalue weighted by Gasteiger charge is -2.02. The van der Waals surface area contributed by atoms with Crippen LogP contribution >= 0.6 is 11.6 Å². The Hall–Kier alpha value is -1.39. The highest BCUT2D eigenvalue weighted by Crippen LogP contribution is 2.24. The minimum atomic E-state index is -0.328. The van der Waals surface area contributed by atoms with Gasteiger partial charge in [-0.05, 0) is 25.1 Å². The van der Waals surface area contributed by atoms with Crippen molar-refractivity contribution in [2.75, 3.05) is 0 Å². The number of nitrogens with zero attached hydrogens (tertiary/aromatic N) is 1. The Bertz CT molecular complexity index is 522. The summed E-state index contributed by atoms with van der Waals surface area (Å²) in [7, 11) is 0. The van der Waals surface area contributed by atoms with Crippen LogP contribution in [-0.4, -0.2) is 16.0 Å². The second-order valence-corrected chi connectivity index (χ2v) is 4.49. The molecule has 0 fully saturated rings. The van der Waals surface area contributed by atoms with Crippen LogP contribution in [0.3, 0.4) is 0 Å². The fourth-order valence-corrected chi connectivity index (χ4v) is 1.78. The van der Waals surface area contributed by atoms with Crippen LogP contribution in [0.15, 0.2) is 24.4 Å². The van der Waals surface area contributed by atoms with Crippen molar-refractivity contribution in [3.05, 3.63) is 41.1 Å². The highest BCUT2D eigenvalue weighted by molar-refractivity contribution is 6.30. The van der Waals surface area contributed by atoms with E-state index in [1.807, 2.05) is 6.92 Å². The number of halogens is 2. The fourth-order valence-electron chi connectivity index (χ4n) is 1.61. The van der Waals surface area contributed by atoms with Gasteiger partial charge in [-0.3, -0.25) is 0 Å². The quantitative estimate of drug-likeness (QED) is 0.884. The Kier molecular flexibility index (Phi) is 3.45. The van der Waals surface area contributed by atoms with Gasteiger partial charge in [0.2, 0.25) is 0 Å². The van der Waals surface area contributed by atoms with Gasteiger partial charge in [-0.1, -0.05) is 11.6 Å². The molecular weight excluding hydrogens is 241 g/mol. The second-order valence-electron chi connectivity index (χ2n) is 4.05. The summed E-state index contributed by atoms with van der Waals surface area (Å²) in [5.41, 5.74) is 6.70. The van der Waals surface area contributed by atoms with Crippen molar-refractivity contribution in [1.29, 1.82) is 0 Å². The van der Waals surface area contributed by atoms with Gasteiger partial charge in [0, 0.05) is 23.0 Å². The topological polar surface area (TPSA) is 54.7 Å². The molecule has 1 unspecified atom stereocenters. The van der Waals surface area contributed by atoms with Crippen molar-refractivity contribution in [3.8, 4) is 11.3 Å². The minimum absolute atomic E-state index is 0.0122. The van der Waals surface area contributed by atoms with Gasteiger partial charge in [-0.15, -0.1) is 0 Å². The van der Waals surface area contributed by atoms with Gasteiger partial charge in [0.25, 0.3) is 0 Å². The first kappa shape index (κ1) is 12.1. The zero-order chi connectivity index (χ0) is 12.4. The molecule has 0 radical (unpaired) electrons. The lowest BCUT2D eigenvalue weighted by molar-refractivity contribution is 0.630. The normalized spacial score (nSPS) is 12.7. The van der Waals surface area contributed by atoms with E-state index in [4.69, 9.17) is 17.3 Å². The van der Waals surface area contributed by atoms with E-state index in [0.29, 0.717) is 22.7 Å². The number of aromatic nitrogens is 2. The molecule has 90 valence electrons. The predicted octanol–water partition coefficient (Wildman–Crippen LogP) is 2.76. The molecular formula is C12H13ClFN3. The van der Waals surface area contributed by atoms with Gasteiger partial charge < -0.3 is 10.7 Å². The summed E-state index contributed by atoms with van der Waals surface area (Å²) in [5, 5.41) is 0.491. The van der Waals surface area contributed by atoms with Crippen molar-refractivity contribution < 1.29 is 4.39 Å². The van der Waals surface area contributed by atoms with Crippen molar-refractivity contribution in [2.45, 2.75) is 19.4 Å². The minimum Gasteiger partial charge on any atom is -0.342 e. The molecule has 2 rings (SSSR count). The van der Waals surface area contributed by atoms with Crippen LogP contribution in [0.4, 0.5) is 4.39 Å². The molecule has 0 aliphatic heterocycles. The molecule has 3 N–H and O–H groups in total. The Labute approximate surface area is 104 Å². The average Bonchev–Trinajstić information content (AvgIpc) is 2.69. The first-order valence-electron chi connectivity index (χ1n) is 5.31. The van der Waals surface area contributed by atoms with E-state index < -0.39 is 0 Å². The molecule has 0 saturated carbocycles. The molecule has 1 atom stereocenters. The fraction of sp³-hybridized carbons (Fsp3) is 0.250. The van der Waals surface area contributed by atoms with Crippen LogP contribution in [0, 0.1) is 5.82 Å². The number of H-pyrrole nitrogens is 1. The van der Waals surface area contributed by atoms with Crippen LogP contribution in [0.1, 0.15) is 12.7 Å².